The maximum atomic E-state index is 11.4. The van der Waals surface area contributed by atoms with Crippen molar-refractivity contribution in [1.82, 2.24) is 0 Å². The van der Waals surface area contributed by atoms with Gasteiger partial charge < -0.3 is 5.32 Å². The molecule has 0 radical (unpaired) electrons. The predicted octanol–water partition coefficient (Wildman–Crippen LogP) is 3.67. The third-order valence-corrected chi connectivity index (χ3v) is 3.31. The van der Waals surface area contributed by atoms with Crippen LogP contribution in [0.3, 0.4) is 0 Å². The number of hydrogen-bond acceptors (Lipinski definition) is 4. The summed E-state index contributed by atoms with van der Waals surface area (Å²) in [5.41, 5.74) is 1.33. The summed E-state index contributed by atoms with van der Waals surface area (Å²) in [6.07, 6.45) is -0.253. The van der Waals surface area contributed by atoms with Gasteiger partial charge in [0.25, 0.3) is 0 Å². The van der Waals surface area contributed by atoms with Gasteiger partial charge in [0, 0.05) is 15.6 Å². The van der Waals surface area contributed by atoms with Gasteiger partial charge >= 0.3 is 7.44 Å². The lowest BCUT2D eigenvalue weighted by molar-refractivity contribution is 0.575. The highest BCUT2D eigenvalue weighted by Crippen LogP contribution is 2.51. The fourth-order valence-corrected chi connectivity index (χ4v) is 2.16. The largest absolute Gasteiger partial charge is 0.378 e. The van der Waals surface area contributed by atoms with Gasteiger partial charge in [-0.25, -0.2) is 0 Å². The van der Waals surface area contributed by atoms with Gasteiger partial charge in [-0.2, -0.15) is 0 Å². The molecule has 0 heterocycles. The van der Waals surface area contributed by atoms with Crippen LogP contribution in [-0.2, 0) is 10.7 Å². The van der Waals surface area contributed by atoms with Crippen LogP contribution in [0.25, 0.3) is 0 Å². The molecule has 6 nitrogen and oxygen atoms in total. The monoisotopic (exact) mass is 271 g/mol. The number of benzene rings is 1. The van der Waals surface area contributed by atoms with E-state index >= 15 is 0 Å². The Balaban J connectivity index is 2.81. The second-order valence-corrected chi connectivity index (χ2v) is 5.95. The third kappa shape index (κ3) is 4.13. The van der Waals surface area contributed by atoms with E-state index in [9.17, 15) is 14.4 Å². The van der Waals surface area contributed by atoms with Crippen LogP contribution in [0, 0.1) is 9.81 Å². The lowest BCUT2D eigenvalue weighted by atomic mass is 10.2. The standard InChI is InChI=1S/C9H10N3O3PS/c1-7(17)10-9-4-2-8(3-5-9)6-16(15,11-13)12-14/h2-5H,6H2,1H3,(H,10,17). The fraction of sp³-hybridized carbons (Fsp3) is 0.222. The van der Waals surface area contributed by atoms with Crippen LogP contribution in [0.5, 0.6) is 0 Å². The number of nitrogens with zero attached hydrogens (tertiary/aromatic N) is 2. The Kier molecular flexibility index (Phi) is 4.60. The summed E-state index contributed by atoms with van der Waals surface area (Å²) in [4.78, 5) is 25.7. The molecule has 0 unspecified atom stereocenters. The van der Waals surface area contributed by atoms with E-state index in [-0.39, 0.29) is 6.16 Å². The molecule has 0 spiro atoms. The van der Waals surface area contributed by atoms with Gasteiger partial charge in [-0.15, -0.1) is 9.81 Å². The maximum absolute atomic E-state index is 11.4. The molecule has 0 aromatic heterocycles. The van der Waals surface area contributed by atoms with E-state index in [0.717, 1.165) is 5.69 Å². The molecule has 0 saturated carbocycles. The predicted molar refractivity (Wildman–Crippen MR) is 71.2 cm³/mol. The van der Waals surface area contributed by atoms with Crippen molar-refractivity contribution < 1.29 is 4.57 Å². The molecule has 0 atom stereocenters. The SMILES string of the molecule is CC(=S)Nc1ccc(CP(=O)(N=O)N=O)cc1. The molecule has 1 N–H and O–H groups in total. The van der Waals surface area contributed by atoms with Gasteiger partial charge in [-0.1, -0.05) is 24.4 Å². The van der Waals surface area contributed by atoms with Crippen LogP contribution in [-0.4, -0.2) is 4.99 Å². The smallest absolute Gasteiger partial charge is 0.350 e. The second-order valence-electron chi connectivity index (χ2n) is 3.36. The zero-order chi connectivity index (χ0) is 12.9. The summed E-state index contributed by atoms with van der Waals surface area (Å²) in [6, 6.07) is 6.66. The van der Waals surface area contributed by atoms with E-state index in [0.29, 0.717) is 10.6 Å². The fourth-order valence-electron chi connectivity index (χ4n) is 1.21. The molecule has 90 valence electrons. The van der Waals surface area contributed by atoms with Gasteiger partial charge in [-0.3, -0.25) is 4.57 Å². The van der Waals surface area contributed by atoms with Crippen LogP contribution >= 0.6 is 19.7 Å². The molecule has 1 rings (SSSR count). The molecule has 0 bridgehead atoms. The first kappa shape index (κ1) is 13.6. The van der Waals surface area contributed by atoms with Crippen molar-refractivity contribution in [3.05, 3.63) is 39.6 Å². The maximum Gasteiger partial charge on any atom is 0.378 e. The molecular weight excluding hydrogens is 261 g/mol. The minimum atomic E-state index is -3.85. The number of rotatable bonds is 5. The Morgan fingerprint density at radius 2 is 1.82 bits per heavy atom. The van der Waals surface area contributed by atoms with E-state index in [2.05, 4.69) is 15.2 Å². The third-order valence-electron chi connectivity index (χ3n) is 1.92. The summed E-state index contributed by atoms with van der Waals surface area (Å²) in [6.45, 7) is 1.74. The molecule has 0 aliphatic heterocycles. The number of nitroso groups, excluding NO2 is 2. The summed E-state index contributed by atoms with van der Waals surface area (Å²) >= 11 is 4.87. The highest BCUT2D eigenvalue weighted by atomic mass is 32.1. The first-order valence-electron chi connectivity index (χ1n) is 4.64. The van der Waals surface area contributed by atoms with Crippen molar-refractivity contribution in [1.29, 1.82) is 0 Å². The molecule has 17 heavy (non-hydrogen) atoms. The van der Waals surface area contributed by atoms with E-state index in [1.54, 1.807) is 31.2 Å². The molecule has 0 aliphatic carbocycles. The van der Waals surface area contributed by atoms with Crippen LogP contribution in [0.15, 0.2) is 34.2 Å². The summed E-state index contributed by atoms with van der Waals surface area (Å²) in [7, 11) is -3.85. The molecule has 1 aromatic rings. The van der Waals surface area contributed by atoms with Gasteiger partial charge in [0.2, 0.25) is 0 Å². The van der Waals surface area contributed by atoms with Crippen LogP contribution in [0.2, 0.25) is 0 Å². The normalized spacial score (nSPS) is 10.6. The molecular formula is C9H10N3O3PS. The average molecular weight is 271 g/mol. The summed E-state index contributed by atoms with van der Waals surface area (Å²) in [5.74, 6) is 0. The van der Waals surface area contributed by atoms with Gasteiger partial charge in [-0.05, 0) is 24.6 Å². The first-order chi connectivity index (χ1) is 7.99. The molecule has 0 saturated heterocycles. The second kappa shape index (κ2) is 5.75. The quantitative estimate of drug-likeness (QED) is 0.501. The zero-order valence-electron chi connectivity index (χ0n) is 8.99. The molecule has 0 fully saturated rings. The van der Waals surface area contributed by atoms with Crippen molar-refractivity contribution in [3.63, 3.8) is 0 Å². The van der Waals surface area contributed by atoms with Gasteiger partial charge in [0.15, 0.2) is 0 Å². The minimum absolute atomic E-state index is 0.253. The highest BCUT2D eigenvalue weighted by molar-refractivity contribution is 7.80. The van der Waals surface area contributed by atoms with Crippen molar-refractivity contribution in [2.45, 2.75) is 13.1 Å². The summed E-state index contributed by atoms with van der Waals surface area (Å²) in [5, 5.41) is 2.91. The van der Waals surface area contributed by atoms with Crippen molar-refractivity contribution in [2.24, 2.45) is 9.89 Å². The van der Waals surface area contributed by atoms with Crippen molar-refractivity contribution in [3.8, 4) is 0 Å². The van der Waals surface area contributed by atoms with E-state index in [4.69, 9.17) is 12.2 Å². The van der Waals surface area contributed by atoms with Crippen LogP contribution in [0.4, 0.5) is 5.69 Å². The Labute approximate surface area is 103 Å². The minimum Gasteiger partial charge on any atom is -0.350 e. The number of thiocarbonyl (C=S) groups is 1. The Morgan fingerprint density at radius 1 is 1.29 bits per heavy atom. The topological polar surface area (TPSA) is 88.0 Å². The molecule has 8 heteroatoms. The number of hydrogen-bond donors (Lipinski definition) is 1. The zero-order valence-corrected chi connectivity index (χ0v) is 10.7. The number of nitrogens with one attached hydrogen (secondary N) is 1. The molecule has 1 aromatic carbocycles. The van der Waals surface area contributed by atoms with E-state index in [1.165, 1.54) is 0 Å². The molecule has 0 aliphatic rings. The Hall–Kier alpha value is -1.46. The van der Waals surface area contributed by atoms with E-state index < -0.39 is 7.44 Å². The van der Waals surface area contributed by atoms with Gasteiger partial charge in [0.05, 0.1) is 11.2 Å². The van der Waals surface area contributed by atoms with Crippen LogP contribution in [0.1, 0.15) is 12.5 Å². The average Bonchev–Trinajstić information content (AvgIpc) is 2.31. The Bertz CT molecular complexity index is 477. The first-order valence-corrected chi connectivity index (χ1v) is 6.85. The summed E-state index contributed by atoms with van der Waals surface area (Å²) < 4.78 is 11.4. The number of anilines is 1. The lowest BCUT2D eigenvalue weighted by Crippen LogP contribution is -2.02. The highest BCUT2D eigenvalue weighted by Gasteiger charge is 2.24. The Morgan fingerprint density at radius 3 is 2.24 bits per heavy atom. The van der Waals surface area contributed by atoms with Gasteiger partial charge in [0.1, 0.15) is 0 Å². The lowest BCUT2D eigenvalue weighted by Gasteiger charge is -2.05. The van der Waals surface area contributed by atoms with Crippen LogP contribution < -0.4 is 5.32 Å². The molecule has 0 amide bonds. The van der Waals surface area contributed by atoms with E-state index in [1.807, 2.05) is 0 Å². The van der Waals surface area contributed by atoms with Crippen molar-refractivity contribution >= 4 is 30.3 Å². The van der Waals surface area contributed by atoms with Crippen molar-refractivity contribution in [2.75, 3.05) is 5.32 Å².